The number of hydrogen-bond donors (Lipinski definition) is 1. The van der Waals surface area contributed by atoms with Crippen molar-refractivity contribution in [2.24, 2.45) is 5.92 Å². The minimum atomic E-state index is -0.213. The monoisotopic (exact) mass is 286 g/mol. The Morgan fingerprint density at radius 3 is 2.86 bits per heavy atom. The van der Waals surface area contributed by atoms with Gasteiger partial charge in [-0.15, -0.1) is 0 Å². The van der Waals surface area contributed by atoms with Crippen molar-refractivity contribution in [1.29, 1.82) is 0 Å². The lowest BCUT2D eigenvalue weighted by molar-refractivity contribution is -0.150. The highest BCUT2D eigenvalue weighted by molar-refractivity contribution is 6.04. The summed E-state index contributed by atoms with van der Waals surface area (Å²) in [5, 5.41) is 3.56. The Hall–Kier alpha value is -1.33. The maximum atomic E-state index is 12.1. The molecule has 1 N–H and O–H groups in total. The molecule has 2 radical (unpaired) electrons. The molecule has 0 unspecified atom stereocenters. The molecule has 1 aliphatic rings. The lowest BCUT2D eigenvalue weighted by Crippen LogP contribution is -2.52. The number of benzene rings is 1. The number of nitrogens with zero attached hydrogens (tertiary/aromatic N) is 1. The molecule has 0 saturated carbocycles. The molecule has 1 aromatic carbocycles. The first-order valence-electron chi connectivity index (χ1n) is 7.59. The molecule has 112 valence electrons. The predicted molar refractivity (Wildman–Crippen MR) is 83.8 cm³/mol. The fraction of sp³-hybridized carbons (Fsp3) is 0.562. The first kappa shape index (κ1) is 16.1. The molecule has 4 nitrogen and oxygen atoms in total. The molecule has 0 bridgehead atoms. The van der Waals surface area contributed by atoms with Crippen LogP contribution in [-0.2, 0) is 9.53 Å². The molecule has 2 rings (SSSR count). The van der Waals surface area contributed by atoms with E-state index in [9.17, 15) is 4.79 Å². The molecule has 21 heavy (non-hydrogen) atoms. The van der Waals surface area contributed by atoms with E-state index in [1.807, 2.05) is 25.1 Å². The molecule has 0 aromatic heterocycles. The largest absolute Gasteiger partial charge is 0.466 e. The molecule has 5 heteroatoms. The molecule has 1 aromatic rings. The zero-order chi connectivity index (χ0) is 15.2. The van der Waals surface area contributed by atoms with Crippen LogP contribution in [0.5, 0.6) is 0 Å². The van der Waals surface area contributed by atoms with Crippen molar-refractivity contribution in [3.63, 3.8) is 0 Å². The van der Waals surface area contributed by atoms with Gasteiger partial charge in [-0.3, -0.25) is 4.79 Å². The highest BCUT2D eigenvalue weighted by Gasteiger charge is 2.34. The normalized spacial score (nSPS) is 24.5. The fourth-order valence-electron chi connectivity index (χ4n) is 2.82. The number of carbonyl (C=O) groups is 1. The van der Waals surface area contributed by atoms with Crippen LogP contribution in [0.2, 0.25) is 0 Å². The van der Waals surface area contributed by atoms with Gasteiger partial charge >= 0.3 is 5.97 Å². The first-order chi connectivity index (χ1) is 10.1. The van der Waals surface area contributed by atoms with Crippen LogP contribution in [0, 0.1) is 5.92 Å². The van der Waals surface area contributed by atoms with Crippen LogP contribution in [-0.4, -0.2) is 44.5 Å². The van der Waals surface area contributed by atoms with Crippen LogP contribution in [0.4, 0.5) is 0 Å². The van der Waals surface area contributed by atoms with Gasteiger partial charge in [0.25, 0.3) is 0 Å². The van der Waals surface area contributed by atoms with E-state index in [0.717, 1.165) is 13.0 Å². The van der Waals surface area contributed by atoms with Crippen LogP contribution in [0.1, 0.15) is 31.9 Å². The highest BCUT2D eigenvalue weighted by atomic mass is 16.5. The summed E-state index contributed by atoms with van der Waals surface area (Å²) >= 11 is 0. The molecule has 0 amide bonds. The maximum Gasteiger partial charge on any atom is 0.311 e. The van der Waals surface area contributed by atoms with Crippen molar-refractivity contribution in [1.82, 2.24) is 10.1 Å². The molecule has 0 aliphatic carbocycles. The summed E-state index contributed by atoms with van der Waals surface area (Å²) in [5.74, 6) is -0.375. The Labute approximate surface area is 128 Å². The Morgan fingerprint density at radius 2 is 2.19 bits per heavy atom. The number of piperidine rings is 1. The Morgan fingerprint density at radius 1 is 1.48 bits per heavy atom. The third-order valence-electron chi connectivity index (χ3n) is 4.00. The summed E-state index contributed by atoms with van der Waals surface area (Å²) in [6, 6.07) is 10.5. The summed E-state index contributed by atoms with van der Waals surface area (Å²) in [7, 11) is 5.86. The Kier molecular flexibility index (Phi) is 5.82. The highest BCUT2D eigenvalue weighted by Crippen LogP contribution is 2.21. The Bertz CT molecular complexity index is 455. The second-order valence-corrected chi connectivity index (χ2v) is 5.55. The van der Waals surface area contributed by atoms with Gasteiger partial charge in [-0.2, -0.15) is 0 Å². The van der Waals surface area contributed by atoms with Crippen LogP contribution in [0.25, 0.3) is 0 Å². The van der Waals surface area contributed by atoms with Gasteiger partial charge in [0, 0.05) is 18.6 Å². The third kappa shape index (κ3) is 4.32. The zero-order valence-corrected chi connectivity index (χ0v) is 12.8. The second kappa shape index (κ2) is 7.62. The van der Waals surface area contributed by atoms with Crippen molar-refractivity contribution >= 4 is 14.0 Å². The number of rotatable bonds is 5. The van der Waals surface area contributed by atoms with E-state index < -0.39 is 0 Å². The van der Waals surface area contributed by atoms with Crippen molar-refractivity contribution in [2.45, 2.75) is 32.4 Å². The lowest BCUT2D eigenvalue weighted by atomic mass is 9.89. The van der Waals surface area contributed by atoms with Crippen LogP contribution in [0.3, 0.4) is 0 Å². The number of nitrogens with one attached hydrogen (secondary N) is 1. The minimum Gasteiger partial charge on any atom is -0.466 e. The topological polar surface area (TPSA) is 41.6 Å². The van der Waals surface area contributed by atoms with Crippen LogP contribution >= 0.6 is 0 Å². The van der Waals surface area contributed by atoms with Gasteiger partial charge in [-0.25, -0.2) is 0 Å². The standard InChI is InChI=1S/C16H23BN2O2/c1-3-21-16(20)14-11-19(17)10-9-15(14)18-12(2)13-7-5-4-6-8-13/h4-8,12,14-15,18H,3,9-11H2,1-2H3/t12-,14+,15-/m0/s1. The van der Waals surface area contributed by atoms with Crippen molar-refractivity contribution < 1.29 is 9.53 Å². The number of ether oxygens (including phenoxy) is 1. The number of esters is 1. The lowest BCUT2D eigenvalue weighted by Gasteiger charge is -2.37. The fourth-order valence-corrected chi connectivity index (χ4v) is 2.82. The van der Waals surface area contributed by atoms with Gasteiger partial charge in [0.1, 0.15) is 0 Å². The summed E-state index contributed by atoms with van der Waals surface area (Å²) < 4.78 is 5.19. The summed E-state index contributed by atoms with van der Waals surface area (Å²) in [4.78, 5) is 13.8. The van der Waals surface area contributed by atoms with Gasteiger partial charge in [0.2, 0.25) is 0 Å². The summed E-state index contributed by atoms with van der Waals surface area (Å²) in [6.07, 6.45) is 0.844. The molecule has 1 heterocycles. The van der Waals surface area contributed by atoms with Gasteiger partial charge < -0.3 is 14.9 Å². The average Bonchev–Trinajstić information content (AvgIpc) is 2.50. The van der Waals surface area contributed by atoms with E-state index >= 15 is 0 Å². The third-order valence-corrected chi connectivity index (χ3v) is 4.00. The predicted octanol–water partition coefficient (Wildman–Crippen LogP) is 1.67. The van der Waals surface area contributed by atoms with Crippen LogP contribution < -0.4 is 5.32 Å². The van der Waals surface area contributed by atoms with Crippen molar-refractivity contribution in [3.8, 4) is 0 Å². The minimum absolute atomic E-state index is 0.0963. The zero-order valence-electron chi connectivity index (χ0n) is 12.8. The molecule has 0 spiro atoms. The quantitative estimate of drug-likeness (QED) is 0.660. The van der Waals surface area contributed by atoms with E-state index in [-0.39, 0.29) is 24.0 Å². The van der Waals surface area contributed by atoms with E-state index in [2.05, 4.69) is 24.4 Å². The first-order valence-corrected chi connectivity index (χ1v) is 7.59. The van der Waals surface area contributed by atoms with Gasteiger partial charge in [0.15, 0.2) is 7.98 Å². The second-order valence-electron chi connectivity index (χ2n) is 5.55. The molecular weight excluding hydrogens is 263 g/mol. The summed E-state index contributed by atoms with van der Waals surface area (Å²) in [6.45, 7) is 5.68. The number of carbonyl (C=O) groups excluding carboxylic acids is 1. The van der Waals surface area contributed by atoms with Gasteiger partial charge in [-0.1, -0.05) is 30.3 Å². The molecule has 3 atom stereocenters. The van der Waals surface area contributed by atoms with E-state index in [1.165, 1.54) is 5.56 Å². The maximum absolute atomic E-state index is 12.1. The molecule has 1 fully saturated rings. The van der Waals surface area contributed by atoms with Gasteiger partial charge in [0.05, 0.1) is 12.5 Å². The van der Waals surface area contributed by atoms with Crippen molar-refractivity contribution in [3.05, 3.63) is 35.9 Å². The number of hydrogen-bond acceptors (Lipinski definition) is 4. The van der Waals surface area contributed by atoms with E-state index in [1.54, 1.807) is 4.81 Å². The molecule has 1 saturated heterocycles. The SMILES string of the molecule is [B]N1CC[C@H](N[C@@H](C)c2ccccc2)[C@H](C(=O)OCC)C1. The van der Waals surface area contributed by atoms with E-state index in [4.69, 9.17) is 12.7 Å². The van der Waals surface area contributed by atoms with Crippen LogP contribution in [0.15, 0.2) is 30.3 Å². The Balaban J connectivity index is 2.03. The van der Waals surface area contributed by atoms with E-state index in [0.29, 0.717) is 13.2 Å². The molecule has 1 aliphatic heterocycles. The molecular formula is C16H23BN2O2. The smallest absolute Gasteiger partial charge is 0.311 e. The van der Waals surface area contributed by atoms with Gasteiger partial charge in [-0.05, 0) is 32.4 Å². The van der Waals surface area contributed by atoms with Crippen molar-refractivity contribution in [2.75, 3.05) is 19.7 Å². The summed E-state index contributed by atoms with van der Waals surface area (Å²) in [5.41, 5.74) is 1.22. The average molecular weight is 286 g/mol.